The number of nitrogens with zero attached hydrogens (tertiary/aromatic N) is 1. The summed E-state index contributed by atoms with van der Waals surface area (Å²) in [6, 6.07) is 9.43. The summed E-state index contributed by atoms with van der Waals surface area (Å²) in [5.74, 6) is 0.0340. The number of rotatable bonds is 7. The topological polar surface area (TPSA) is 49.4 Å². The molecule has 1 saturated heterocycles. The summed E-state index contributed by atoms with van der Waals surface area (Å²) in [4.78, 5) is 26.4. The summed E-state index contributed by atoms with van der Waals surface area (Å²) in [5, 5.41) is 3.07. The van der Waals surface area contributed by atoms with E-state index in [1.165, 1.54) is 6.42 Å². The van der Waals surface area contributed by atoms with Gasteiger partial charge in [-0.25, -0.2) is 0 Å². The van der Waals surface area contributed by atoms with Gasteiger partial charge in [-0.05, 0) is 25.8 Å². The number of nitrogens with one attached hydrogen (secondary N) is 1. The second-order valence-electron chi connectivity index (χ2n) is 5.97. The number of hydrogen-bond acceptors (Lipinski definition) is 3. The minimum atomic E-state index is -0.00165. The SMILES string of the molecule is CCCN1CCC(NC(=O)CCC(=O)c2ccccc2)CC1. The van der Waals surface area contributed by atoms with Gasteiger partial charge in [0, 0.05) is 37.5 Å². The lowest BCUT2D eigenvalue weighted by Gasteiger charge is -2.32. The molecule has 4 nitrogen and oxygen atoms in total. The summed E-state index contributed by atoms with van der Waals surface area (Å²) in [7, 11) is 0. The van der Waals surface area contributed by atoms with Crippen molar-refractivity contribution in [2.75, 3.05) is 19.6 Å². The van der Waals surface area contributed by atoms with E-state index in [4.69, 9.17) is 0 Å². The predicted octanol–water partition coefficient (Wildman–Crippen LogP) is 2.64. The van der Waals surface area contributed by atoms with E-state index in [2.05, 4.69) is 17.1 Å². The van der Waals surface area contributed by atoms with Gasteiger partial charge in [-0.2, -0.15) is 0 Å². The third-order valence-corrected chi connectivity index (χ3v) is 4.17. The fraction of sp³-hybridized carbons (Fsp3) is 0.556. The first-order valence-electron chi connectivity index (χ1n) is 8.29. The van der Waals surface area contributed by atoms with Crippen LogP contribution >= 0.6 is 0 Å². The first-order valence-corrected chi connectivity index (χ1v) is 8.29. The van der Waals surface area contributed by atoms with E-state index in [0.717, 1.165) is 32.5 Å². The van der Waals surface area contributed by atoms with Crippen LogP contribution in [0.5, 0.6) is 0 Å². The smallest absolute Gasteiger partial charge is 0.220 e. The Balaban J connectivity index is 1.67. The van der Waals surface area contributed by atoms with Crippen LogP contribution < -0.4 is 5.32 Å². The Labute approximate surface area is 132 Å². The Morgan fingerprint density at radius 3 is 2.45 bits per heavy atom. The van der Waals surface area contributed by atoms with Crippen LogP contribution in [0.1, 0.15) is 49.4 Å². The Hall–Kier alpha value is -1.68. The van der Waals surface area contributed by atoms with Crippen LogP contribution in [0, 0.1) is 0 Å². The van der Waals surface area contributed by atoms with Gasteiger partial charge >= 0.3 is 0 Å². The van der Waals surface area contributed by atoms with Crippen LogP contribution in [0.15, 0.2) is 30.3 Å². The van der Waals surface area contributed by atoms with Gasteiger partial charge in [0.1, 0.15) is 0 Å². The van der Waals surface area contributed by atoms with Gasteiger partial charge in [0.25, 0.3) is 0 Å². The Morgan fingerprint density at radius 2 is 1.82 bits per heavy atom. The van der Waals surface area contributed by atoms with Crippen LogP contribution in [0.4, 0.5) is 0 Å². The van der Waals surface area contributed by atoms with Gasteiger partial charge in [0.05, 0.1) is 0 Å². The largest absolute Gasteiger partial charge is 0.353 e. The van der Waals surface area contributed by atoms with Crippen molar-refractivity contribution in [1.82, 2.24) is 10.2 Å². The average molecular weight is 302 g/mol. The highest BCUT2D eigenvalue weighted by Gasteiger charge is 2.20. The van der Waals surface area contributed by atoms with Crippen molar-refractivity contribution >= 4 is 11.7 Å². The van der Waals surface area contributed by atoms with Crippen molar-refractivity contribution in [2.45, 2.75) is 45.1 Å². The maximum Gasteiger partial charge on any atom is 0.220 e. The van der Waals surface area contributed by atoms with E-state index in [1.54, 1.807) is 12.1 Å². The van der Waals surface area contributed by atoms with Gasteiger partial charge < -0.3 is 10.2 Å². The molecule has 1 aromatic carbocycles. The number of amides is 1. The molecule has 1 N–H and O–H groups in total. The Kier molecular flexibility index (Phi) is 6.59. The quantitative estimate of drug-likeness (QED) is 0.788. The number of likely N-dealkylation sites (tertiary alicyclic amines) is 1. The van der Waals surface area contributed by atoms with E-state index in [0.29, 0.717) is 5.56 Å². The maximum absolute atomic E-state index is 12.0. The van der Waals surface area contributed by atoms with Crippen molar-refractivity contribution < 1.29 is 9.59 Å². The number of ketones is 1. The first-order chi connectivity index (χ1) is 10.7. The molecule has 0 bridgehead atoms. The van der Waals surface area contributed by atoms with Crippen LogP contribution in [-0.2, 0) is 4.79 Å². The maximum atomic E-state index is 12.0. The van der Waals surface area contributed by atoms with Crippen LogP contribution in [0.3, 0.4) is 0 Å². The van der Waals surface area contributed by atoms with Gasteiger partial charge in [0.15, 0.2) is 5.78 Å². The fourth-order valence-corrected chi connectivity index (χ4v) is 2.91. The van der Waals surface area contributed by atoms with Crippen molar-refractivity contribution in [1.29, 1.82) is 0 Å². The summed E-state index contributed by atoms with van der Waals surface area (Å²) in [6.45, 7) is 5.45. The molecule has 0 atom stereocenters. The third kappa shape index (κ3) is 5.26. The molecule has 22 heavy (non-hydrogen) atoms. The number of benzene rings is 1. The second-order valence-corrected chi connectivity index (χ2v) is 5.97. The van der Waals surface area contributed by atoms with Crippen molar-refractivity contribution in [3.8, 4) is 0 Å². The van der Waals surface area contributed by atoms with Gasteiger partial charge in [-0.1, -0.05) is 37.3 Å². The minimum absolute atomic E-state index is 0.00165. The first kappa shape index (κ1) is 16.7. The summed E-state index contributed by atoms with van der Waals surface area (Å²) >= 11 is 0. The molecule has 1 fully saturated rings. The van der Waals surface area contributed by atoms with E-state index in [-0.39, 0.29) is 30.6 Å². The van der Waals surface area contributed by atoms with Crippen LogP contribution in [0.2, 0.25) is 0 Å². The molecule has 1 aliphatic rings. The average Bonchev–Trinajstić information content (AvgIpc) is 2.55. The zero-order valence-corrected chi connectivity index (χ0v) is 13.4. The lowest BCUT2D eigenvalue weighted by molar-refractivity contribution is -0.122. The highest BCUT2D eigenvalue weighted by atomic mass is 16.2. The number of carbonyl (C=O) groups excluding carboxylic acids is 2. The lowest BCUT2D eigenvalue weighted by atomic mass is 10.0. The summed E-state index contributed by atoms with van der Waals surface area (Å²) in [5.41, 5.74) is 0.683. The molecule has 4 heteroatoms. The number of piperidine rings is 1. The van der Waals surface area contributed by atoms with Crippen LogP contribution in [-0.4, -0.2) is 42.3 Å². The standard InChI is InChI=1S/C18H26N2O2/c1-2-12-20-13-10-16(11-14-20)19-18(22)9-8-17(21)15-6-4-3-5-7-15/h3-7,16H,2,8-14H2,1H3,(H,19,22). The second kappa shape index (κ2) is 8.69. The molecule has 0 aromatic heterocycles. The predicted molar refractivity (Wildman–Crippen MR) is 87.9 cm³/mol. The molecule has 1 aliphatic heterocycles. The molecule has 0 unspecified atom stereocenters. The van der Waals surface area contributed by atoms with Gasteiger partial charge in [-0.3, -0.25) is 9.59 Å². The summed E-state index contributed by atoms with van der Waals surface area (Å²) in [6.07, 6.45) is 3.77. The monoisotopic (exact) mass is 302 g/mol. The minimum Gasteiger partial charge on any atom is -0.353 e. The molecule has 0 aliphatic carbocycles. The zero-order valence-electron chi connectivity index (χ0n) is 13.4. The van der Waals surface area contributed by atoms with E-state index >= 15 is 0 Å². The van der Waals surface area contributed by atoms with Crippen molar-refractivity contribution in [3.05, 3.63) is 35.9 Å². The van der Waals surface area contributed by atoms with Crippen LogP contribution in [0.25, 0.3) is 0 Å². The molecule has 0 saturated carbocycles. The fourth-order valence-electron chi connectivity index (χ4n) is 2.91. The van der Waals surface area contributed by atoms with E-state index in [1.807, 2.05) is 18.2 Å². The zero-order chi connectivity index (χ0) is 15.8. The molecule has 0 radical (unpaired) electrons. The van der Waals surface area contributed by atoms with Crippen molar-refractivity contribution in [3.63, 3.8) is 0 Å². The van der Waals surface area contributed by atoms with Gasteiger partial charge in [-0.15, -0.1) is 0 Å². The molecule has 1 aromatic rings. The molecule has 1 amide bonds. The van der Waals surface area contributed by atoms with Crippen molar-refractivity contribution in [2.24, 2.45) is 0 Å². The Morgan fingerprint density at radius 1 is 1.14 bits per heavy atom. The molecule has 1 heterocycles. The van der Waals surface area contributed by atoms with E-state index in [9.17, 15) is 9.59 Å². The molecule has 0 spiro atoms. The number of hydrogen-bond donors (Lipinski definition) is 1. The molecule has 120 valence electrons. The number of carbonyl (C=O) groups is 2. The highest BCUT2D eigenvalue weighted by molar-refractivity contribution is 5.97. The molecular weight excluding hydrogens is 276 g/mol. The highest BCUT2D eigenvalue weighted by Crippen LogP contribution is 2.11. The normalized spacial score (nSPS) is 16.4. The lowest BCUT2D eigenvalue weighted by Crippen LogP contribution is -2.44. The molecular formula is C18H26N2O2. The van der Waals surface area contributed by atoms with E-state index < -0.39 is 0 Å². The molecule has 2 rings (SSSR count). The summed E-state index contributed by atoms with van der Waals surface area (Å²) < 4.78 is 0. The number of Topliss-reactive ketones (excluding diaryl/α,β-unsaturated/α-hetero) is 1. The van der Waals surface area contributed by atoms with Gasteiger partial charge in [0.2, 0.25) is 5.91 Å². The Bertz CT molecular complexity index is 479. The third-order valence-electron chi connectivity index (χ3n) is 4.17.